The number of para-hydroxylation sites is 1. The van der Waals surface area contributed by atoms with Crippen molar-refractivity contribution in [2.24, 2.45) is 0 Å². The van der Waals surface area contributed by atoms with Crippen LogP contribution in [0.4, 0.5) is 5.69 Å². The highest BCUT2D eigenvalue weighted by Gasteiger charge is 2.52. The Morgan fingerprint density at radius 2 is 2.11 bits per heavy atom. The molecule has 4 rings (SSSR count). The number of thiazole rings is 1. The van der Waals surface area contributed by atoms with Crippen molar-refractivity contribution in [3.05, 3.63) is 45.9 Å². The smallest absolute Gasteiger partial charge is 0.257 e. The Morgan fingerprint density at radius 3 is 2.86 bits per heavy atom. The lowest BCUT2D eigenvalue weighted by molar-refractivity contribution is -0.121. The quantitative estimate of drug-likeness (QED) is 0.839. The van der Waals surface area contributed by atoms with Crippen LogP contribution in [0, 0.1) is 6.92 Å². The molecule has 0 saturated carbocycles. The second-order valence-corrected chi connectivity index (χ2v) is 8.27. The topological polar surface area (TPSA) is 82.6 Å². The molecule has 1 aromatic heterocycles. The van der Waals surface area contributed by atoms with E-state index >= 15 is 0 Å². The van der Waals surface area contributed by atoms with Gasteiger partial charge in [0.2, 0.25) is 11.8 Å². The van der Waals surface area contributed by atoms with Crippen molar-refractivity contribution in [2.45, 2.75) is 45.3 Å². The summed E-state index contributed by atoms with van der Waals surface area (Å²) in [6.07, 6.45) is 1.13. The lowest BCUT2D eigenvalue weighted by Crippen LogP contribution is -2.62. The van der Waals surface area contributed by atoms with Gasteiger partial charge < -0.3 is 10.2 Å². The average Bonchev–Trinajstić information content (AvgIpc) is 3.23. The summed E-state index contributed by atoms with van der Waals surface area (Å²) in [5.74, 6) is -0.262. The molecule has 1 unspecified atom stereocenters. The van der Waals surface area contributed by atoms with Gasteiger partial charge in [-0.25, -0.2) is 4.98 Å². The van der Waals surface area contributed by atoms with Gasteiger partial charge in [-0.2, -0.15) is 0 Å². The maximum Gasteiger partial charge on any atom is 0.257 e. The van der Waals surface area contributed by atoms with E-state index in [0.717, 1.165) is 10.7 Å². The first-order valence-electron chi connectivity index (χ1n) is 9.32. The second-order valence-electron chi connectivity index (χ2n) is 7.33. The number of hydrogen-bond donors (Lipinski definition) is 1. The van der Waals surface area contributed by atoms with Crippen LogP contribution in [0.3, 0.4) is 0 Å². The summed E-state index contributed by atoms with van der Waals surface area (Å²) in [6, 6.07) is 7.18. The van der Waals surface area contributed by atoms with E-state index in [0.29, 0.717) is 30.6 Å². The highest BCUT2D eigenvalue weighted by atomic mass is 32.1. The van der Waals surface area contributed by atoms with E-state index in [2.05, 4.69) is 10.3 Å². The molecule has 2 aliphatic heterocycles. The van der Waals surface area contributed by atoms with Gasteiger partial charge in [0.05, 0.1) is 17.8 Å². The molecule has 3 heterocycles. The van der Waals surface area contributed by atoms with Crippen LogP contribution in [0.2, 0.25) is 0 Å². The number of nitrogens with zero attached hydrogens (tertiary/aromatic N) is 3. The number of aromatic nitrogens is 1. The molecule has 3 amide bonds. The van der Waals surface area contributed by atoms with Crippen LogP contribution in [-0.2, 0) is 16.1 Å². The van der Waals surface area contributed by atoms with Gasteiger partial charge >= 0.3 is 0 Å². The maximum absolute atomic E-state index is 13.1. The third-order valence-electron chi connectivity index (χ3n) is 5.41. The minimum absolute atomic E-state index is 0.0102. The van der Waals surface area contributed by atoms with E-state index in [4.69, 9.17) is 0 Å². The van der Waals surface area contributed by atoms with Crippen molar-refractivity contribution in [1.29, 1.82) is 0 Å². The summed E-state index contributed by atoms with van der Waals surface area (Å²) in [7, 11) is 0. The number of hydrogen-bond acceptors (Lipinski definition) is 5. The van der Waals surface area contributed by atoms with Gasteiger partial charge in [-0.1, -0.05) is 12.1 Å². The molecule has 0 radical (unpaired) electrons. The summed E-state index contributed by atoms with van der Waals surface area (Å²) in [6.45, 7) is 4.46. The first-order chi connectivity index (χ1) is 13.4. The fraction of sp³-hybridized carbons (Fsp3) is 0.400. The van der Waals surface area contributed by atoms with Crippen molar-refractivity contribution >= 4 is 34.7 Å². The second kappa shape index (κ2) is 7.01. The molecule has 2 aliphatic rings. The molecule has 1 atom stereocenters. The third kappa shape index (κ3) is 3.07. The van der Waals surface area contributed by atoms with Gasteiger partial charge in [0.15, 0.2) is 0 Å². The Bertz CT molecular complexity index is 956. The van der Waals surface area contributed by atoms with Crippen LogP contribution in [0.5, 0.6) is 0 Å². The normalized spacial score (nSPS) is 20.9. The molecule has 0 bridgehead atoms. The van der Waals surface area contributed by atoms with Crippen molar-refractivity contribution in [3.8, 4) is 0 Å². The van der Waals surface area contributed by atoms with Crippen LogP contribution in [0.1, 0.15) is 47.2 Å². The molecular formula is C20H22N4O3S. The largest absolute Gasteiger partial charge is 0.350 e. The Morgan fingerprint density at radius 1 is 1.32 bits per heavy atom. The van der Waals surface area contributed by atoms with Gasteiger partial charge in [0.25, 0.3) is 5.91 Å². The Balaban J connectivity index is 1.48. The summed E-state index contributed by atoms with van der Waals surface area (Å²) in [4.78, 5) is 45.7. The molecule has 1 aromatic carbocycles. The molecule has 2 aromatic rings. The molecular weight excluding hydrogens is 376 g/mol. The number of amides is 3. The van der Waals surface area contributed by atoms with Gasteiger partial charge in [-0.05, 0) is 32.4 Å². The van der Waals surface area contributed by atoms with Gasteiger partial charge in [0, 0.05) is 30.5 Å². The fourth-order valence-electron chi connectivity index (χ4n) is 4.00. The number of aryl methyl sites for hydroxylation is 1. The molecule has 28 heavy (non-hydrogen) atoms. The molecule has 1 N–H and O–H groups in total. The summed E-state index contributed by atoms with van der Waals surface area (Å²) >= 11 is 1.51. The molecule has 1 fully saturated rings. The minimum atomic E-state index is -0.727. The maximum atomic E-state index is 13.1. The number of benzene rings is 1. The van der Waals surface area contributed by atoms with E-state index in [1.54, 1.807) is 21.9 Å². The van der Waals surface area contributed by atoms with Crippen LogP contribution < -0.4 is 10.2 Å². The van der Waals surface area contributed by atoms with Crippen molar-refractivity contribution in [3.63, 3.8) is 0 Å². The first kappa shape index (κ1) is 18.6. The Labute approximate surface area is 167 Å². The predicted octanol–water partition coefficient (Wildman–Crippen LogP) is 2.46. The molecule has 8 heteroatoms. The predicted molar refractivity (Wildman–Crippen MR) is 106 cm³/mol. The van der Waals surface area contributed by atoms with E-state index in [1.807, 2.05) is 31.4 Å². The number of fused-ring (bicyclic) bond motifs is 3. The third-order valence-corrected chi connectivity index (χ3v) is 6.38. The summed E-state index contributed by atoms with van der Waals surface area (Å²) < 4.78 is 0. The van der Waals surface area contributed by atoms with E-state index in [9.17, 15) is 14.4 Å². The summed E-state index contributed by atoms with van der Waals surface area (Å²) in [5, 5.41) is 5.65. The molecule has 7 nitrogen and oxygen atoms in total. The van der Waals surface area contributed by atoms with Crippen molar-refractivity contribution < 1.29 is 14.4 Å². The zero-order chi connectivity index (χ0) is 19.9. The highest BCUT2D eigenvalue weighted by Crippen LogP contribution is 2.43. The zero-order valence-corrected chi connectivity index (χ0v) is 16.7. The van der Waals surface area contributed by atoms with Crippen LogP contribution >= 0.6 is 11.3 Å². The van der Waals surface area contributed by atoms with Gasteiger partial charge in [0.1, 0.15) is 10.7 Å². The number of carbonyl (C=O) groups is 3. The van der Waals surface area contributed by atoms with E-state index < -0.39 is 5.66 Å². The minimum Gasteiger partial charge on any atom is -0.350 e. The average molecular weight is 398 g/mol. The molecule has 0 aliphatic carbocycles. The van der Waals surface area contributed by atoms with Crippen LogP contribution in [-0.4, -0.2) is 39.8 Å². The number of rotatable bonds is 5. The SMILES string of the molecule is Cc1csc(CNC(=O)CCN2C(=O)c3ccccc3N3C(=O)CCC23C)n1. The standard InChI is InChI=1S/C20H22N4O3S/c1-13-12-28-17(22-13)11-21-16(25)8-10-23-19(27)14-5-3-4-6-15(14)24-18(26)7-9-20(23,24)2/h3-6,12H,7-11H2,1-2H3,(H,21,25). The molecule has 0 spiro atoms. The highest BCUT2D eigenvalue weighted by molar-refractivity contribution is 7.09. The first-order valence-corrected chi connectivity index (χ1v) is 10.2. The lowest BCUT2D eigenvalue weighted by Gasteiger charge is -2.48. The zero-order valence-electron chi connectivity index (χ0n) is 15.9. The Hall–Kier alpha value is -2.74. The summed E-state index contributed by atoms with van der Waals surface area (Å²) in [5.41, 5.74) is 1.38. The monoisotopic (exact) mass is 398 g/mol. The van der Waals surface area contributed by atoms with Crippen LogP contribution in [0.25, 0.3) is 0 Å². The number of carbonyl (C=O) groups excluding carboxylic acids is 3. The van der Waals surface area contributed by atoms with Gasteiger partial charge in [-0.15, -0.1) is 11.3 Å². The lowest BCUT2D eigenvalue weighted by atomic mass is 9.98. The van der Waals surface area contributed by atoms with Gasteiger partial charge in [-0.3, -0.25) is 19.3 Å². The Kier molecular flexibility index (Phi) is 4.66. The molecule has 146 valence electrons. The molecule has 1 saturated heterocycles. The van der Waals surface area contributed by atoms with E-state index in [1.165, 1.54) is 11.3 Å². The van der Waals surface area contributed by atoms with E-state index in [-0.39, 0.29) is 30.7 Å². The number of anilines is 1. The van der Waals surface area contributed by atoms with Crippen LogP contribution in [0.15, 0.2) is 29.6 Å². The van der Waals surface area contributed by atoms with Crippen molar-refractivity contribution in [1.82, 2.24) is 15.2 Å². The fourth-order valence-corrected chi connectivity index (χ4v) is 4.71. The van der Waals surface area contributed by atoms with Crippen molar-refractivity contribution in [2.75, 3.05) is 11.4 Å². The number of nitrogens with one attached hydrogen (secondary N) is 1.